The Balaban J connectivity index is 2.19. The molecule has 2 amide bonds. The molecule has 0 bridgehead atoms. The Hall–Kier alpha value is -1.54. The van der Waals surface area contributed by atoms with Crippen molar-refractivity contribution in [3.63, 3.8) is 0 Å². The summed E-state index contributed by atoms with van der Waals surface area (Å²) in [5.74, 6) is -0.346. The van der Waals surface area contributed by atoms with Crippen molar-refractivity contribution in [2.24, 2.45) is 0 Å². The summed E-state index contributed by atoms with van der Waals surface area (Å²) in [6, 6.07) is 5.42. The average Bonchev–Trinajstić information content (AvgIpc) is 2.86. The van der Waals surface area contributed by atoms with Crippen LogP contribution in [-0.4, -0.2) is 68.6 Å². The molecule has 30 heavy (non-hydrogen) atoms. The maximum atomic E-state index is 12.7. The van der Waals surface area contributed by atoms with E-state index in [-0.39, 0.29) is 30.6 Å². The van der Waals surface area contributed by atoms with Gasteiger partial charge in [-0.25, -0.2) is 4.79 Å². The molecule has 1 aliphatic rings. The first kappa shape index (κ1) is 24.7. The molecule has 1 saturated heterocycles. The molecule has 1 aliphatic heterocycles. The van der Waals surface area contributed by atoms with Crippen LogP contribution >= 0.6 is 23.2 Å². The number of carbonyl (C=O) groups is 2. The standard InChI is InChI=1S/C21H30Cl2N2O5/c1-21(2,3)30-20(27)25-9-10-29-18(7-8-24-19(26)13-28-4)15(12-25)14-5-6-16(22)17(23)11-14/h5-6,11,15,18H,7-10,12-13H2,1-4H3,(H,24,26). The summed E-state index contributed by atoms with van der Waals surface area (Å²) >= 11 is 12.3. The first-order valence-corrected chi connectivity index (χ1v) is 10.7. The maximum absolute atomic E-state index is 12.7. The molecule has 1 aromatic carbocycles. The van der Waals surface area contributed by atoms with Crippen molar-refractivity contribution in [2.75, 3.05) is 40.0 Å². The highest BCUT2D eigenvalue weighted by Crippen LogP contribution is 2.32. The number of carbonyl (C=O) groups excluding carboxylic acids is 2. The van der Waals surface area contributed by atoms with Gasteiger partial charge in [-0.15, -0.1) is 0 Å². The zero-order chi connectivity index (χ0) is 22.3. The number of hydrogen-bond donors (Lipinski definition) is 1. The molecule has 0 aromatic heterocycles. The van der Waals surface area contributed by atoms with Crippen LogP contribution in [0.15, 0.2) is 18.2 Å². The smallest absolute Gasteiger partial charge is 0.410 e. The van der Waals surface area contributed by atoms with Gasteiger partial charge in [0.1, 0.15) is 12.2 Å². The van der Waals surface area contributed by atoms with E-state index in [0.29, 0.717) is 42.7 Å². The van der Waals surface area contributed by atoms with Crippen LogP contribution in [0.25, 0.3) is 0 Å². The summed E-state index contributed by atoms with van der Waals surface area (Å²) in [6.07, 6.45) is -0.0366. The minimum absolute atomic E-state index is 0.00810. The SMILES string of the molecule is COCC(=O)NCCC1OCCN(C(=O)OC(C)(C)C)CC1c1ccc(Cl)c(Cl)c1. The first-order chi connectivity index (χ1) is 14.1. The van der Waals surface area contributed by atoms with Gasteiger partial charge < -0.3 is 24.4 Å². The van der Waals surface area contributed by atoms with Crippen LogP contribution in [0, 0.1) is 0 Å². The third kappa shape index (κ3) is 7.61. The Labute approximate surface area is 187 Å². The summed E-state index contributed by atoms with van der Waals surface area (Å²) in [5.41, 5.74) is 0.321. The minimum atomic E-state index is -0.589. The summed E-state index contributed by atoms with van der Waals surface area (Å²) in [7, 11) is 1.47. The zero-order valence-electron chi connectivity index (χ0n) is 17.9. The van der Waals surface area contributed by atoms with Gasteiger partial charge >= 0.3 is 6.09 Å². The van der Waals surface area contributed by atoms with E-state index in [1.807, 2.05) is 26.8 Å². The highest BCUT2D eigenvalue weighted by Gasteiger charge is 2.33. The topological polar surface area (TPSA) is 77.1 Å². The number of nitrogens with zero attached hydrogens (tertiary/aromatic N) is 1. The molecule has 1 heterocycles. The molecule has 0 radical (unpaired) electrons. The third-order valence-corrected chi connectivity index (χ3v) is 5.35. The minimum Gasteiger partial charge on any atom is -0.444 e. The average molecular weight is 461 g/mol. The molecular weight excluding hydrogens is 431 g/mol. The van der Waals surface area contributed by atoms with Gasteiger partial charge in [0.05, 0.1) is 22.8 Å². The van der Waals surface area contributed by atoms with E-state index in [2.05, 4.69) is 5.32 Å². The molecule has 0 spiro atoms. The molecule has 2 rings (SSSR count). The van der Waals surface area contributed by atoms with Crippen LogP contribution in [0.3, 0.4) is 0 Å². The number of hydrogen-bond acceptors (Lipinski definition) is 5. The lowest BCUT2D eigenvalue weighted by molar-refractivity contribution is -0.124. The van der Waals surface area contributed by atoms with Crippen LogP contribution in [-0.2, 0) is 19.0 Å². The van der Waals surface area contributed by atoms with E-state index in [4.69, 9.17) is 37.4 Å². The fourth-order valence-electron chi connectivity index (χ4n) is 3.25. The zero-order valence-corrected chi connectivity index (χ0v) is 19.4. The van der Waals surface area contributed by atoms with E-state index in [0.717, 1.165) is 5.56 Å². The van der Waals surface area contributed by atoms with Gasteiger partial charge in [-0.05, 0) is 44.9 Å². The van der Waals surface area contributed by atoms with Crippen molar-refractivity contribution >= 4 is 35.2 Å². The molecule has 1 fully saturated rings. The number of benzene rings is 1. The second-order valence-electron chi connectivity index (χ2n) is 8.19. The Morgan fingerprint density at radius 3 is 2.63 bits per heavy atom. The third-order valence-electron chi connectivity index (χ3n) is 4.61. The molecule has 168 valence electrons. The second kappa shape index (κ2) is 11.2. The highest BCUT2D eigenvalue weighted by atomic mass is 35.5. The lowest BCUT2D eigenvalue weighted by atomic mass is 9.91. The van der Waals surface area contributed by atoms with E-state index in [1.54, 1.807) is 17.0 Å². The largest absolute Gasteiger partial charge is 0.444 e. The molecule has 0 saturated carbocycles. The maximum Gasteiger partial charge on any atom is 0.410 e. The van der Waals surface area contributed by atoms with Crippen molar-refractivity contribution in [1.29, 1.82) is 0 Å². The van der Waals surface area contributed by atoms with E-state index in [9.17, 15) is 9.59 Å². The predicted molar refractivity (Wildman–Crippen MR) is 116 cm³/mol. The van der Waals surface area contributed by atoms with Gasteiger partial charge in [0, 0.05) is 32.7 Å². The van der Waals surface area contributed by atoms with Crippen molar-refractivity contribution in [2.45, 2.75) is 44.8 Å². The lowest BCUT2D eigenvalue weighted by Crippen LogP contribution is -2.40. The van der Waals surface area contributed by atoms with Crippen LogP contribution in [0.1, 0.15) is 38.7 Å². The van der Waals surface area contributed by atoms with Crippen molar-refractivity contribution < 1.29 is 23.8 Å². The van der Waals surface area contributed by atoms with E-state index in [1.165, 1.54) is 7.11 Å². The molecule has 1 N–H and O–H groups in total. The van der Waals surface area contributed by atoms with Crippen LogP contribution in [0.2, 0.25) is 10.0 Å². The Bertz CT molecular complexity index is 739. The molecule has 1 aromatic rings. The van der Waals surface area contributed by atoms with E-state index < -0.39 is 5.60 Å². The van der Waals surface area contributed by atoms with Crippen molar-refractivity contribution in [3.05, 3.63) is 33.8 Å². The van der Waals surface area contributed by atoms with Gasteiger partial charge in [-0.1, -0.05) is 29.3 Å². The monoisotopic (exact) mass is 460 g/mol. The molecule has 2 atom stereocenters. The number of nitrogens with one attached hydrogen (secondary N) is 1. The predicted octanol–water partition coefficient (Wildman–Crippen LogP) is 3.87. The molecule has 7 nitrogen and oxygen atoms in total. The molecule has 9 heteroatoms. The normalized spacial score (nSPS) is 19.9. The Morgan fingerprint density at radius 1 is 1.27 bits per heavy atom. The van der Waals surface area contributed by atoms with Gasteiger partial charge in [-0.3, -0.25) is 4.79 Å². The summed E-state index contributed by atoms with van der Waals surface area (Å²) in [5, 5.41) is 3.71. The first-order valence-electron chi connectivity index (χ1n) is 9.91. The number of amides is 2. The number of ether oxygens (including phenoxy) is 3. The van der Waals surface area contributed by atoms with Gasteiger partial charge in [0.2, 0.25) is 5.91 Å². The number of methoxy groups -OCH3 is 1. The van der Waals surface area contributed by atoms with Crippen LogP contribution in [0.5, 0.6) is 0 Å². The molecule has 0 aliphatic carbocycles. The van der Waals surface area contributed by atoms with Gasteiger partial charge in [0.25, 0.3) is 0 Å². The fourth-order valence-corrected chi connectivity index (χ4v) is 3.56. The molecule has 2 unspecified atom stereocenters. The number of halogens is 2. The van der Waals surface area contributed by atoms with Crippen LogP contribution in [0.4, 0.5) is 4.79 Å². The van der Waals surface area contributed by atoms with Gasteiger partial charge in [-0.2, -0.15) is 0 Å². The lowest BCUT2D eigenvalue weighted by Gasteiger charge is -2.30. The number of rotatable bonds is 6. The quantitative estimate of drug-likeness (QED) is 0.696. The van der Waals surface area contributed by atoms with Crippen molar-refractivity contribution in [3.8, 4) is 0 Å². The summed E-state index contributed by atoms with van der Waals surface area (Å²) in [4.78, 5) is 26.0. The second-order valence-corrected chi connectivity index (χ2v) is 9.00. The van der Waals surface area contributed by atoms with E-state index >= 15 is 0 Å². The van der Waals surface area contributed by atoms with Crippen LogP contribution < -0.4 is 5.32 Å². The van der Waals surface area contributed by atoms with Gasteiger partial charge in [0.15, 0.2) is 0 Å². The Kier molecular flexibility index (Phi) is 9.22. The van der Waals surface area contributed by atoms with Crippen molar-refractivity contribution in [1.82, 2.24) is 10.2 Å². The highest BCUT2D eigenvalue weighted by molar-refractivity contribution is 6.42. The summed E-state index contributed by atoms with van der Waals surface area (Å²) < 4.78 is 16.5. The summed E-state index contributed by atoms with van der Waals surface area (Å²) in [6.45, 7) is 7.13. The Morgan fingerprint density at radius 2 is 2.00 bits per heavy atom. The fraction of sp³-hybridized carbons (Fsp3) is 0.619. The molecular formula is C21H30Cl2N2O5.